The summed E-state index contributed by atoms with van der Waals surface area (Å²) in [7, 11) is 1.23. The number of nitrogens with zero attached hydrogens (tertiary/aromatic N) is 1. The van der Waals surface area contributed by atoms with E-state index in [1.807, 2.05) is 44.2 Å². The van der Waals surface area contributed by atoms with E-state index >= 15 is 0 Å². The van der Waals surface area contributed by atoms with Gasteiger partial charge < -0.3 is 42.8 Å². The minimum absolute atomic E-state index is 0.0276. The molecule has 274 valence electrons. The highest BCUT2D eigenvalue weighted by molar-refractivity contribution is 5.95. The van der Waals surface area contributed by atoms with Crippen LogP contribution in [0, 0.1) is 11.7 Å². The molecule has 0 aromatic heterocycles. The van der Waals surface area contributed by atoms with Gasteiger partial charge in [0.05, 0.1) is 13.2 Å². The highest BCUT2D eigenvalue weighted by atomic mass is 19.1. The van der Waals surface area contributed by atoms with Crippen LogP contribution in [0.2, 0.25) is 0 Å². The Morgan fingerprint density at radius 1 is 0.860 bits per heavy atom. The summed E-state index contributed by atoms with van der Waals surface area (Å²) in [5.74, 6) is -3.22. The van der Waals surface area contributed by atoms with Crippen LogP contribution in [0.25, 0.3) is 0 Å². The highest BCUT2D eigenvalue weighted by Gasteiger charge is 2.45. The van der Waals surface area contributed by atoms with Gasteiger partial charge in [0.25, 0.3) is 0 Å². The zero-order chi connectivity index (χ0) is 36.8. The number of likely N-dealkylation sites (tertiary alicyclic amines) is 1. The fourth-order valence-corrected chi connectivity index (χ4v) is 5.91. The van der Waals surface area contributed by atoms with Crippen molar-refractivity contribution in [1.82, 2.24) is 20.9 Å². The van der Waals surface area contributed by atoms with Crippen molar-refractivity contribution >= 4 is 29.6 Å². The molecule has 2 aromatic carbocycles. The van der Waals surface area contributed by atoms with E-state index in [-0.39, 0.29) is 51.1 Å². The standard InChI is InChI=1S/C36H52FN7O6/c1-23(2)19-29(32(46)41-28(11-7-8-17-38)34(48)44-18-16-36(40,22-44)35(49)50-3)43-33(47)30(21-24-9-5-4-6-10-24)42-31(45)27(39)20-25-12-14-26(37)15-13-25/h4-6,9-10,12-15,23,27-30H,7-8,11,16-22,38-40H2,1-3H3,(H,41,46)(H,42,45)(H,43,47)/t27-,28-,29-,30-,36?/m1/s1. The molecule has 9 N–H and O–H groups in total. The van der Waals surface area contributed by atoms with E-state index in [1.165, 1.54) is 36.3 Å². The lowest BCUT2D eigenvalue weighted by Crippen LogP contribution is -2.59. The summed E-state index contributed by atoms with van der Waals surface area (Å²) in [4.78, 5) is 68.4. The van der Waals surface area contributed by atoms with E-state index in [2.05, 4.69) is 16.0 Å². The van der Waals surface area contributed by atoms with Crippen LogP contribution in [0.1, 0.15) is 57.1 Å². The molecule has 1 aliphatic heterocycles. The van der Waals surface area contributed by atoms with Gasteiger partial charge in [0.2, 0.25) is 23.6 Å². The van der Waals surface area contributed by atoms with Crippen molar-refractivity contribution in [2.75, 3.05) is 26.7 Å². The Labute approximate surface area is 293 Å². The molecule has 5 atom stereocenters. The van der Waals surface area contributed by atoms with E-state index in [4.69, 9.17) is 21.9 Å². The first-order valence-corrected chi connectivity index (χ1v) is 17.1. The maximum Gasteiger partial charge on any atom is 0.327 e. The molecule has 3 rings (SSSR count). The van der Waals surface area contributed by atoms with Crippen LogP contribution in [0.4, 0.5) is 4.39 Å². The van der Waals surface area contributed by atoms with Crippen LogP contribution in [-0.2, 0) is 41.6 Å². The Hall–Kier alpha value is -4.40. The van der Waals surface area contributed by atoms with Crippen molar-refractivity contribution in [1.29, 1.82) is 0 Å². The Kier molecular flexibility index (Phi) is 15.3. The Balaban J connectivity index is 1.78. The van der Waals surface area contributed by atoms with E-state index in [9.17, 15) is 28.4 Å². The average Bonchev–Trinajstić information content (AvgIpc) is 3.50. The van der Waals surface area contributed by atoms with Gasteiger partial charge in [-0.2, -0.15) is 0 Å². The third-order valence-electron chi connectivity index (χ3n) is 8.73. The number of nitrogens with one attached hydrogen (secondary N) is 3. The van der Waals surface area contributed by atoms with Gasteiger partial charge in [-0.05, 0) is 74.2 Å². The van der Waals surface area contributed by atoms with Gasteiger partial charge in [-0.15, -0.1) is 0 Å². The number of esters is 1. The van der Waals surface area contributed by atoms with Crippen LogP contribution in [0.3, 0.4) is 0 Å². The second kappa shape index (κ2) is 19.1. The van der Waals surface area contributed by atoms with E-state index in [0.29, 0.717) is 24.9 Å². The summed E-state index contributed by atoms with van der Waals surface area (Å²) in [5.41, 5.74) is 18.2. The number of halogens is 1. The van der Waals surface area contributed by atoms with E-state index < -0.39 is 65.1 Å². The molecule has 0 bridgehead atoms. The number of carbonyl (C=O) groups is 5. The molecule has 1 fully saturated rings. The molecule has 1 aliphatic rings. The Bertz CT molecular complexity index is 1440. The van der Waals surface area contributed by atoms with Gasteiger partial charge in [-0.3, -0.25) is 19.2 Å². The molecule has 0 aliphatic carbocycles. The van der Waals surface area contributed by atoms with Crippen LogP contribution < -0.4 is 33.2 Å². The summed E-state index contributed by atoms with van der Waals surface area (Å²) in [6, 6.07) is 10.6. The lowest BCUT2D eigenvalue weighted by atomic mass is 9.99. The molecule has 0 saturated carbocycles. The summed E-state index contributed by atoms with van der Waals surface area (Å²) >= 11 is 0. The number of benzene rings is 2. The first-order valence-electron chi connectivity index (χ1n) is 17.1. The third-order valence-corrected chi connectivity index (χ3v) is 8.73. The molecule has 1 heterocycles. The fraction of sp³-hybridized carbons (Fsp3) is 0.528. The number of unbranched alkanes of at least 4 members (excludes halogenated alkanes) is 1. The summed E-state index contributed by atoms with van der Waals surface area (Å²) in [5, 5.41) is 8.39. The minimum atomic E-state index is -1.34. The maximum atomic E-state index is 13.9. The number of ether oxygens (including phenoxy) is 1. The van der Waals surface area contributed by atoms with Crippen molar-refractivity contribution in [3.8, 4) is 0 Å². The Morgan fingerprint density at radius 3 is 2.08 bits per heavy atom. The molecule has 1 unspecified atom stereocenters. The van der Waals surface area contributed by atoms with Gasteiger partial charge in [0.15, 0.2) is 0 Å². The Morgan fingerprint density at radius 2 is 1.46 bits per heavy atom. The fourth-order valence-electron chi connectivity index (χ4n) is 5.91. The lowest BCUT2D eigenvalue weighted by Gasteiger charge is -2.29. The topological polar surface area (TPSA) is 212 Å². The van der Waals surface area contributed by atoms with Crippen molar-refractivity contribution < 1.29 is 33.1 Å². The molecule has 50 heavy (non-hydrogen) atoms. The molecule has 13 nitrogen and oxygen atoms in total. The predicted octanol–water partition coefficient (Wildman–Crippen LogP) is 0.671. The predicted molar refractivity (Wildman–Crippen MR) is 187 cm³/mol. The monoisotopic (exact) mass is 697 g/mol. The van der Waals surface area contributed by atoms with Crippen molar-refractivity contribution in [2.24, 2.45) is 23.1 Å². The molecule has 14 heteroatoms. The average molecular weight is 698 g/mol. The maximum absolute atomic E-state index is 13.9. The number of rotatable bonds is 18. The lowest BCUT2D eigenvalue weighted by molar-refractivity contribution is -0.147. The first kappa shape index (κ1) is 40.0. The summed E-state index contributed by atoms with van der Waals surface area (Å²) in [6.45, 7) is 4.35. The molecule has 1 saturated heterocycles. The second-order valence-electron chi connectivity index (χ2n) is 13.4. The zero-order valence-corrected chi connectivity index (χ0v) is 29.2. The van der Waals surface area contributed by atoms with Gasteiger partial charge >= 0.3 is 5.97 Å². The van der Waals surface area contributed by atoms with Crippen molar-refractivity contribution in [3.63, 3.8) is 0 Å². The van der Waals surface area contributed by atoms with Crippen LogP contribution >= 0.6 is 0 Å². The number of carbonyl (C=O) groups excluding carboxylic acids is 5. The van der Waals surface area contributed by atoms with Gasteiger partial charge in [-0.25, -0.2) is 9.18 Å². The number of amides is 4. The van der Waals surface area contributed by atoms with Crippen LogP contribution in [0.5, 0.6) is 0 Å². The number of methoxy groups -OCH3 is 1. The first-order chi connectivity index (χ1) is 23.8. The molecule has 0 radical (unpaired) electrons. The third kappa shape index (κ3) is 11.9. The summed E-state index contributed by atoms with van der Waals surface area (Å²) < 4.78 is 18.2. The SMILES string of the molecule is COC(=O)C1(N)CCN(C(=O)[C@@H](CCCCN)NC(=O)[C@@H](CC(C)C)NC(=O)[C@@H](Cc2ccccc2)NC(=O)[C@H](N)Cc2ccc(F)cc2)C1. The quantitative estimate of drug-likeness (QED) is 0.0953. The van der Waals surface area contributed by atoms with Crippen molar-refractivity contribution in [3.05, 3.63) is 71.5 Å². The summed E-state index contributed by atoms with van der Waals surface area (Å²) in [6.07, 6.45) is 2.16. The molecule has 4 amide bonds. The smallest absolute Gasteiger partial charge is 0.327 e. The van der Waals surface area contributed by atoms with E-state index in [0.717, 1.165) is 5.56 Å². The normalized spacial score (nSPS) is 18.1. The molecular weight excluding hydrogens is 645 g/mol. The highest BCUT2D eigenvalue weighted by Crippen LogP contribution is 2.22. The molecule has 2 aromatic rings. The molecule has 0 spiro atoms. The van der Waals surface area contributed by atoms with Crippen LogP contribution in [0.15, 0.2) is 54.6 Å². The number of nitrogens with two attached hydrogens (primary N) is 3. The second-order valence-corrected chi connectivity index (χ2v) is 13.4. The zero-order valence-electron chi connectivity index (χ0n) is 29.2. The molecular formula is C36H52FN7O6. The van der Waals surface area contributed by atoms with Gasteiger partial charge in [-0.1, -0.05) is 56.3 Å². The minimum Gasteiger partial charge on any atom is -0.468 e. The number of hydrogen-bond acceptors (Lipinski definition) is 9. The number of hydrogen-bond donors (Lipinski definition) is 6. The van der Waals surface area contributed by atoms with E-state index in [1.54, 1.807) is 0 Å². The van der Waals surface area contributed by atoms with Crippen LogP contribution in [-0.4, -0.2) is 90.9 Å². The van der Waals surface area contributed by atoms with Gasteiger partial charge in [0, 0.05) is 19.5 Å². The largest absolute Gasteiger partial charge is 0.468 e. The van der Waals surface area contributed by atoms with Gasteiger partial charge in [0.1, 0.15) is 29.5 Å². The van der Waals surface area contributed by atoms with Crippen molar-refractivity contribution in [2.45, 2.75) is 88.5 Å².